The molecule has 0 atom stereocenters. The molecular formula is C5H7CuO2. The molecule has 0 amide bonds. The van der Waals surface area contributed by atoms with E-state index in [0.717, 1.165) is 0 Å². The van der Waals surface area contributed by atoms with Gasteiger partial charge in [0.15, 0.2) is 0 Å². The smallest absolute Gasteiger partial charge is 0.876 e. The summed E-state index contributed by atoms with van der Waals surface area (Å²) in [6.07, 6.45) is -0.0278. The van der Waals surface area contributed by atoms with E-state index in [-0.39, 0.29) is 35.0 Å². The normalized spacial score (nSPS) is 7.12. The molecule has 0 saturated heterocycles. The third-order valence-corrected chi connectivity index (χ3v) is 0.446. The maximum absolute atomic E-state index is 9.99. The average Bonchev–Trinajstić information content (AvgIpc) is 1.27. The summed E-state index contributed by atoms with van der Waals surface area (Å²) >= 11 is 0. The van der Waals surface area contributed by atoms with Gasteiger partial charge in [-0.05, 0) is 6.92 Å². The van der Waals surface area contributed by atoms with Crippen LogP contribution in [0.1, 0.15) is 13.3 Å². The summed E-state index contributed by atoms with van der Waals surface area (Å²) in [6, 6.07) is 0. The maximum atomic E-state index is 9.99. The molecule has 0 saturated carbocycles. The fourth-order valence-corrected chi connectivity index (χ4v) is 0.278. The van der Waals surface area contributed by atoms with Crippen LogP contribution >= 0.6 is 0 Å². The zero-order chi connectivity index (χ0) is 5.86. The molecule has 0 aromatic rings. The molecule has 0 bridgehead atoms. The van der Waals surface area contributed by atoms with Crippen LogP contribution in [-0.2, 0) is 21.9 Å². The summed E-state index contributed by atoms with van der Waals surface area (Å²) in [6.45, 7) is 4.38. The summed E-state index contributed by atoms with van der Waals surface area (Å²) in [7, 11) is 0. The van der Waals surface area contributed by atoms with E-state index in [2.05, 4.69) is 6.58 Å². The van der Waals surface area contributed by atoms with Crippen molar-refractivity contribution in [1.29, 1.82) is 0 Å². The number of allylic oxidation sites excluding steroid dienone is 1. The fraction of sp³-hybridized carbons (Fsp3) is 0.400. The fourth-order valence-electron chi connectivity index (χ4n) is 0.278. The van der Waals surface area contributed by atoms with Crippen LogP contribution in [0.15, 0.2) is 12.3 Å². The number of hydrogen-bond donors (Lipinski definition) is 0. The Bertz CT molecular complexity index is 86.6. The molecule has 0 N–H and O–H groups in total. The Kier molecular flexibility index (Phi) is 6.50. The number of ketones is 1. The minimum absolute atomic E-state index is 0. The van der Waals surface area contributed by atoms with Crippen LogP contribution in [0.4, 0.5) is 0 Å². The first-order chi connectivity index (χ1) is 3.13. The van der Waals surface area contributed by atoms with Crippen LogP contribution in [0.5, 0.6) is 0 Å². The zero-order valence-corrected chi connectivity index (χ0v) is 5.47. The Balaban J connectivity index is 0. The predicted octanol–water partition coefficient (Wildman–Crippen LogP) is -0.163. The molecule has 0 aliphatic carbocycles. The summed E-state index contributed by atoms with van der Waals surface area (Å²) < 4.78 is 0. The van der Waals surface area contributed by atoms with Crippen LogP contribution in [0, 0.1) is 0 Å². The second-order valence-corrected chi connectivity index (χ2v) is 1.42. The second-order valence-electron chi connectivity index (χ2n) is 1.42. The van der Waals surface area contributed by atoms with Crippen molar-refractivity contribution in [2.24, 2.45) is 0 Å². The molecule has 50 valence electrons. The van der Waals surface area contributed by atoms with Crippen molar-refractivity contribution in [3.05, 3.63) is 12.3 Å². The molecular weight excluding hydrogens is 156 g/mol. The molecule has 0 heterocycles. The van der Waals surface area contributed by atoms with Gasteiger partial charge in [0, 0.05) is 6.42 Å². The molecule has 0 aromatic carbocycles. The van der Waals surface area contributed by atoms with Gasteiger partial charge >= 0.3 is 17.1 Å². The third kappa shape index (κ3) is 9.21. The first-order valence-corrected chi connectivity index (χ1v) is 1.97. The average molecular weight is 163 g/mol. The van der Waals surface area contributed by atoms with Crippen LogP contribution in [0.2, 0.25) is 0 Å². The van der Waals surface area contributed by atoms with E-state index in [1.165, 1.54) is 6.92 Å². The van der Waals surface area contributed by atoms with Gasteiger partial charge in [-0.15, -0.1) is 12.3 Å². The van der Waals surface area contributed by atoms with Gasteiger partial charge in [-0.25, -0.2) is 0 Å². The Hall–Kier alpha value is -0.271. The SMILES string of the molecule is C=C([O-])CC(C)=O.[Cu+]. The van der Waals surface area contributed by atoms with Gasteiger partial charge in [0.2, 0.25) is 0 Å². The van der Waals surface area contributed by atoms with Crippen molar-refractivity contribution in [1.82, 2.24) is 0 Å². The van der Waals surface area contributed by atoms with Crippen molar-refractivity contribution < 1.29 is 27.0 Å². The molecule has 0 unspecified atom stereocenters. The van der Waals surface area contributed by atoms with Gasteiger partial charge in [0.05, 0.1) is 0 Å². The Morgan fingerprint density at radius 3 is 2.12 bits per heavy atom. The number of rotatable bonds is 2. The molecule has 0 spiro atoms. The topological polar surface area (TPSA) is 40.1 Å². The second kappa shape index (κ2) is 4.88. The van der Waals surface area contributed by atoms with Gasteiger partial charge in [0.25, 0.3) is 0 Å². The molecule has 0 aliphatic heterocycles. The van der Waals surface area contributed by atoms with E-state index >= 15 is 0 Å². The third-order valence-electron chi connectivity index (χ3n) is 0.446. The van der Waals surface area contributed by atoms with Gasteiger partial charge < -0.3 is 5.11 Å². The number of Topliss-reactive ketones (excluding diaryl/α,β-unsaturated/α-hetero) is 1. The monoisotopic (exact) mass is 162 g/mol. The molecule has 0 rings (SSSR count). The van der Waals surface area contributed by atoms with Crippen molar-refractivity contribution in [2.45, 2.75) is 13.3 Å². The first-order valence-electron chi connectivity index (χ1n) is 1.97. The Labute approximate surface area is 59.1 Å². The summed E-state index contributed by atoms with van der Waals surface area (Å²) in [5.74, 6) is -0.437. The quantitative estimate of drug-likeness (QED) is 0.418. The van der Waals surface area contributed by atoms with E-state index in [9.17, 15) is 9.90 Å². The van der Waals surface area contributed by atoms with Crippen molar-refractivity contribution in [2.75, 3.05) is 0 Å². The van der Waals surface area contributed by atoms with E-state index in [0.29, 0.717) is 0 Å². The van der Waals surface area contributed by atoms with Gasteiger partial charge in [-0.2, -0.15) is 0 Å². The maximum Gasteiger partial charge on any atom is 1.00 e. The van der Waals surface area contributed by atoms with Gasteiger partial charge in [0.1, 0.15) is 5.78 Å². The molecule has 8 heavy (non-hydrogen) atoms. The van der Waals surface area contributed by atoms with Crippen LogP contribution in [0.3, 0.4) is 0 Å². The Morgan fingerprint density at radius 1 is 1.75 bits per heavy atom. The molecule has 0 aliphatic rings. The molecule has 0 aromatic heterocycles. The van der Waals surface area contributed by atoms with Crippen LogP contribution < -0.4 is 5.11 Å². The van der Waals surface area contributed by atoms with E-state index in [1.54, 1.807) is 0 Å². The number of carbonyl (C=O) groups excluding carboxylic acids is 1. The van der Waals surface area contributed by atoms with E-state index < -0.39 is 0 Å². The zero-order valence-electron chi connectivity index (χ0n) is 4.53. The summed E-state index contributed by atoms with van der Waals surface area (Å²) in [5, 5.41) is 9.92. The minimum atomic E-state index is -0.312. The number of carbonyl (C=O) groups is 1. The van der Waals surface area contributed by atoms with Gasteiger partial charge in [-0.3, -0.25) is 4.79 Å². The molecule has 3 heteroatoms. The van der Waals surface area contributed by atoms with Crippen molar-refractivity contribution in [3.63, 3.8) is 0 Å². The van der Waals surface area contributed by atoms with E-state index in [4.69, 9.17) is 0 Å². The van der Waals surface area contributed by atoms with Gasteiger partial charge in [-0.1, -0.05) is 0 Å². The summed E-state index contributed by atoms with van der Waals surface area (Å²) in [4.78, 5) is 9.99. The summed E-state index contributed by atoms with van der Waals surface area (Å²) in [5.41, 5.74) is 0. The predicted molar refractivity (Wildman–Crippen MR) is 24.4 cm³/mol. The molecule has 0 fully saturated rings. The Morgan fingerprint density at radius 2 is 2.12 bits per heavy atom. The molecule has 2 nitrogen and oxygen atoms in total. The minimum Gasteiger partial charge on any atom is -0.876 e. The molecule has 0 radical (unpaired) electrons. The number of hydrogen-bond acceptors (Lipinski definition) is 2. The van der Waals surface area contributed by atoms with Crippen LogP contribution in [0.25, 0.3) is 0 Å². The van der Waals surface area contributed by atoms with Crippen molar-refractivity contribution >= 4 is 5.78 Å². The standard InChI is InChI=1S/C5H8O2.Cu/c1-4(6)3-5(2)7;/h6H,1,3H2,2H3;/q;+1/p-1. The van der Waals surface area contributed by atoms with E-state index in [1.807, 2.05) is 0 Å². The first kappa shape index (κ1) is 10.7. The largest absolute Gasteiger partial charge is 1.00 e. The van der Waals surface area contributed by atoms with Crippen molar-refractivity contribution in [3.8, 4) is 0 Å². The van der Waals surface area contributed by atoms with Crippen LogP contribution in [-0.4, -0.2) is 5.78 Å².